The fourth-order valence-electron chi connectivity index (χ4n) is 2.38. The van der Waals surface area contributed by atoms with Crippen LogP contribution in [0.3, 0.4) is 0 Å². The second-order valence-corrected chi connectivity index (χ2v) is 6.24. The number of hydrogen-bond donors (Lipinski definition) is 6. The molecule has 23 heavy (non-hydrogen) atoms. The van der Waals surface area contributed by atoms with Gasteiger partial charge in [0.2, 0.25) is 0 Å². The third kappa shape index (κ3) is 5.80. The van der Waals surface area contributed by atoms with Gasteiger partial charge in [0, 0.05) is 24.8 Å². The molecule has 1 aliphatic rings. The van der Waals surface area contributed by atoms with Crippen molar-refractivity contribution in [2.24, 2.45) is 5.73 Å². The standard InChI is InChI=1S/C14H22Cl2N6O/c1-8-6-12(18-5-4-17)21-13(19-8)22-14(23)20-9-2-3-10(15)11(16)7-9/h2-3,7-8,12-13,18-19,21H,4-6,17H2,1H3,(H2,20,22,23). The summed E-state index contributed by atoms with van der Waals surface area (Å²) in [4.78, 5) is 12.1. The van der Waals surface area contributed by atoms with Gasteiger partial charge in [0.15, 0.2) is 0 Å². The van der Waals surface area contributed by atoms with E-state index >= 15 is 0 Å². The summed E-state index contributed by atoms with van der Waals surface area (Å²) < 4.78 is 0. The molecule has 1 heterocycles. The molecule has 1 aromatic carbocycles. The van der Waals surface area contributed by atoms with E-state index in [0.717, 1.165) is 6.42 Å². The first-order valence-electron chi connectivity index (χ1n) is 7.46. The summed E-state index contributed by atoms with van der Waals surface area (Å²) in [6.45, 7) is 3.34. The van der Waals surface area contributed by atoms with Gasteiger partial charge >= 0.3 is 6.03 Å². The number of halogens is 2. The molecule has 0 radical (unpaired) electrons. The van der Waals surface area contributed by atoms with Crippen molar-refractivity contribution >= 4 is 34.9 Å². The van der Waals surface area contributed by atoms with Crippen molar-refractivity contribution in [1.82, 2.24) is 21.3 Å². The Morgan fingerprint density at radius 1 is 1.35 bits per heavy atom. The Hall–Kier alpha value is -1.09. The highest BCUT2D eigenvalue weighted by Crippen LogP contribution is 2.24. The lowest BCUT2D eigenvalue weighted by Gasteiger charge is -2.36. The van der Waals surface area contributed by atoms with Crippen molar-refractivity contribution in [3.63, 3.8) is 0 Å². The largest absolute Gasteiger partial charge is 0.329 e. The van der Waals surface area contributed by atoms with Gasteiger partial charge in [-0.2, -0.15) is 0 Å². The number of nitrogens with one attached hydrogen (secondary N) is 5. The number of benzene rings is 1. The first-order chi connectivity index (χ1) is 11.0. The maximum absolute atomic E-state index is 12.1. The molecule has 7 N–H and O–H groups in total. The van der Waals surface area contributed by atoms with Crippen molar-refractivity contribution in [1.29, 1.82) is 0 Å². The third-order valence-corrected chi connectivity index (χ3v) is 4.14. The summed E-state index contributed by atoms with van der Waals surface area (Å²) in [5, 5.41) is 16.2. The molecule has 128 valence electrons. The summed E-state index contributed by atoms with van der Waals surface area (Å²) in [6.07, 6.45) is 0.633. The van der Waals surface area contributed by atoms with Crippen molar-refractivity contribution in [2.45, 2.75) is 31.8 Å². The molecule has 1 aliphatic heterocycles. The highest BCUT2D eigenvalue weighted by molar-refractivity contribution is 6.42. The average molecular weight is 361 g/mol. The molecular weight excluding hydrogens is 339 g/mol. The van der Waals surface area contributed by atoms with E-state index in [1.54, 1.807) is 18.2 Å². The second kappa shape index (κ2) is 8.68. The molecule has 1 aromatic rings. The number of anilines is 1. The normalized spacial score (nSPS) is 24.3. The van der Waals surface area contributed by atoms with Gasteiger partial charge in [-0.05, 0) is 31.5 Å². The highest BCUT2D eigenvalue weighted by atomic mass is 35.5. The van der Waals surface area contributed by atoms with Crippen LogP contribution in [0.25, 0.3) is 0 Å². The summed E-state index contributed by atoms with van der Waals surface area (Å²) in [5.74, 6) is 0. The van der Waals surface area contributed by atoms with E-state index in [9.17, 15) is 4.79 Å². The first kappa shape index (κ1) is 18.3. The molecular formula is C14H22Cl2N6O. The fraction of sp³-hybridized carbons (Fsp3) is 0.500. The highest BCUT2D eigenvalue weighted by Gasteiger charge is 2.25. The topological polar surface area (TPSA) is 103 Å². The Labute approximate surface area is 145 Å². The van der Waals surface area contributed by atoms with Crippen molar-refractivity contribution < 1.29 is 4.79 Å². The van der Waals surface area contributed by atoms with Crippen LogP contribution in [0, 0.1) is 0 Å². The van der Waals surface area contributed by atoms with Crippen LogP contribution in [-0.4, -0.2) is 37.6 Å². The van der Waals surface area contributed by atoms with Gasteiger partial charge in [-0.25, -0.2) is 4.79 Å². The van der Waals surface area contributed by atoms with Crippen LogP contribution in [0.5, 0.6) is 0 Å². The summed E-state index contributed by atoms with van der Waals surface area (Å²) in [5.41, 5.74) is 6.07. The number of rotatable bonds is 5. The number of hydrogen-bond acceptors (Lipinski definition) is 5. The maximum atomic E-state index is 12.1. The van der Waals surface area contributed by atoms with Crippen LogP contribution in [0.1, 0.15) is 13.3 Å². The van der Waals surface area contributed by atoms with E-state index in [0.29, 0.717) is 28.8 Å². The lowest BCUT2D eigenvalue weighted by molar-refractivity contribution is 0.194. The first-order valence-corrected chi connectivity index (χ1v) is 8.21. The number of nitrogens with two attached hydrogens (primary N) is 1. The molecule has 9 heteroatoms. The molecule has 3 atom stereocenters. The minimum Gasteiger partial charge on any atom is -0.329 e. The molecule has 1 fully saturated rings. The zero-order valence-corrected chi connectivity index (χ0v) is 14.3. The Balaban J connectivity index is 1.87. The molecule has 1 saturated heterocycles. The molecule has 2 amide bonds. The monoisotopic (exact) mass is 360 g/mol. The minimum atomic E-state index is -0.350. The van der Waals surface area contributed by atoms with Gasteiger partial charge in [0.05, 0.1) is 16.2 Å². The second-order valence-electron chi connectivity index (χ2n) is 5.43. The quantitative estimate of drug-likeness (QED) is 0.474. The smallest absolute Gasteiger partial charge is 0.321 e. The zero-order chi connectivity index (χ0) is 16.8. The van der Waals surface area contributed by atoms with E-state index in [-0.39, 0.29) is 24.5 Å². The van der Waals surface area contributed by atoms with E-state index in [4.69, 9.17) is 28.9 Å². The van der Waals surface area contributed by atoms with Gasteiger partial charge in [0.1, 0.15) is 6.29 Å². The Bertz CT molecular complexity index is 544. The van der Waals surface area contributed by atoms with Crippen molar-refractivity contribution in [3.05, 3.63) is 28.2 Å². The Morgan fingerprint density at radius 2 is 2.13 bits per heavy atom. The van der Waals surface area contributed by atoms with Crippen LogP contribution in [0.4, 0.5) is 10.5 Å². The number of amides is 2. The zero-order valence-electron chi connectivity index (χ0n) is 12.8. The van der Waals surface area contributed by atoms with E-state index < -0.39 is 0 Å². The number of carbonyl (C=O) groups excluding carboxylic acids is 1. The van der Waals surface area contributed by atoms with Crippen molar-refractivity contribution in [3.8, 4) is 0 Å². The van der Waals surface area contributed by atoms with Crippen LogP contribution < -0.4 is 32.3 Å². The average Bonchev–Trinajstić information content (AvgIpc) is 2.48. The molecule has 0 spiro atoms. The van der Waals surface area contributed by atoms with Gasteiger partial charge in [-0.1, -0.05) is 23.2 Å². The van der Waals surface area contributed by atoms with Gasteiger partial charge in [-0.3, -0.25) is 10.6 Å². The number of carbonyl (C=O) groups is 1. The lowest BCUT2D eigenvalue weighted by atomic mass is 10.1. The van der Waals surface area contributed by atoms with Gasteiger partial charge < -0.3 is 21.7 Å². The summed E-state index contributed by atoms with van der Waals surface area (Å²) in [6, 6.07) is 4.82. The van der Waals surface area contributed by atoms with E-state index in [2.05, 4.69) is 33.5 Å². The SMILES string of the molecule is CC1CC(NCCN)NC(NC(=O)Nc2ccc(Cl)c(Cl)c2)N1. The predicted octanol–water partition coefficient (Wildman–Crippen LogP) is 1.24. The molecule has 0 aromatic heterocycles. The molecule has 3 unspecified atom stereocenters. The third-order valence-electron chi connectivity index (χ3n) is 3.40. The van der Waals surface area contributed by atoms with Crippen LogP contribution >= 0.6 is 23.2 Å². The lowest BCUT2D eigenvalue weighted by Crippen LogP contribution is -2.68. The minimum absolute atomic E-state index is 0.0880. The Morgan fingerprint density at radius 3 is 2.83 bits per heavy atom. The molecule has 0 bridgehead atoms. The van der Waals surface area contributed by atoms with Crippen LogP contribution in [0.15, 0.2) is 18.2 Å². The number of urea groups is 1. The summed E-state index contributed by atoms with van der Waals surface area (Å²) in [7, 11) is 0. The van der Waals surface area contributed by atoms with Gasteiger partial charge in [0.25, 0.3) is 0 Å². The van der Waals surface area contributed by atoms with E-state index in [1.807, 2.05) is 0 Å². The Kier molecular flexibility index (Phi) is 6.88. The predicted molar refractivity (Wildman–Crippen MR) is 93.6 cm³/mol. The van der Waals surface area contributed by atoms with E-state index in [1.165, 1.54) is 0 Å². The molecule has 0 saturated carbocycles. The van der Waals surface area contributed by atoms with Crippen LogP contribution in [-0.2, 0) is 0 Å². The molecule has 2 rings (SSSR count). The van der Waals surface area contributed by atoms with Gasteiger partial charge in [-0.15, -0.1) is 0 Å². The summed E-state index contributed by atoms with van der Waals surface area (Å²) >= 11 is 11.8. The van der Waals surface area contributed by atoms with Crippen molar-refractivity contribution in [2.75, 3.05) is 18.4 Å². The van der Waals surface area contributed by atoms with Crippen LogP contribution in [0.2, 0.25) is 10.0 Å². The molecule has 0 aliphatic carbocycles. The molecule has 7 nitrogen and oxygen atoms in total. The maximum Gasteiger partial charge on any atom is 0.321 e. The fourth-order valence-corrected chi connectivity index (χ4v) is 2.68.